The van der Waals surface area contributed by atoms with E-state index in [0.717, 1.165) is 68.4 Å². The van der Waals surface area contributed by atoms with Gasteiger partial charge in [-0.15, -0.1) is 5.10 Å². The molecule has 6 rings (SSSR count). The van der Waals surface area contributed by atoms with Crippen molar-refractivity contribution >= 4 is 21.9 Å². The van der Waals surface area contributed by atoms with Gasteiger partial charge in [-0.1, -0.05) is 17.3 Å². The van der Waals surface area contributed by atoms with E-state index in [4.69, 9.17) is 9.72 Å². The van der Waals surface area contributed by atoms with E-state index in [2.05, 4.69) is 38.1 Å². The van der Waals surface area contributed by atoms with Crippen LogP contribution in [0.15, 0.2) is 48.9 Å². The van der Waals surface area contributed by atoms with Crippen LogP contribution in [0.2, 0.25) is 0 Å². The predicted octanol–water partition coefficient (Wildman–Crippen LogP) is 4.42. The molecule has 0 aliphatic carbocycles. The Kier molecular flexibility index (Phi) is 6.45. The van der Waals surface area contributed by atoms with Gasteiger partial charge in [0.05, 0.1) is 46.2 Å². The summed E-state index contributed by atoms with van der Waals surface area (Å²) in [6.45, 7) is 6.84. The standard InChI is InChI=1S/C30H34N6O3/c1-18-28(35(4)34-33-18)20-13-26-27(32-16-20)24-6-5-22(30(2,3)38)14-25(24)36(26)29(19-8-11-39-12-9-19)23-7-10-31-15-21(23)17-37/h5-7,10,13-16,19,29,37-38H,8-9,11-12,17H2,1-4H3. The van der Waals surface area contributed by atoms with Gasteiger partial charge in [-0.05, 0) is 68.9 Å². The molecule has 5 heterocycles. The Morgan fingerprint density at radius 1 is 1.10 bits per heavy atom. The van der Waals surface area contributed by atoms with Crippen LogP contribution in [-0.4, -0.2) is 53.0 Å². The minimum Gasteiger partial charge on any atom is -0.392 e. The highest BCUT2D eigenvalue weighted by Gasteiger charge is 2.32. The highest BCUT2D eigenvalue weighted by molar-refractivity contribution is 6.07. The Bertz CT molecular complexity index is 1640. The number of nitrogens with zero attached hydrogens (tertiary/aromatic N) is 6. The van der Waals surface area contributed by atoms with Crippen molar-refractivity contribution in [3.8, 4) is 11.3 Å². The molecule has 5 aromatic rings. The van der Waals surface area contributed by atoms with Crippen molar-refractivity contribution < 1.29 is 14.9 Å². The number of aryl methyl sites for hydroxylation is 2. The zero-order chi connectivity index (χ0) is 27.3. The van der Waals surface area contributed by atoms with E-state index in [1.807, 2.05) is 32.3 Å². The van der Waals surface area contributed by atoms with Crippen molar-refractivity contribution in [2.45, 2.75) is 51.9 Å². The average molecular weight is 527 g/mol. The third kappa shape index (κ3) is 4.40. The molecule has 2 N–H and O–H groups in total. The van der Waals surface area contributed by atoms with Gasteiger partial charge in [-0.3, -0.25) is 9.97 Å². The Morgan fingerprint density at radius 3 is 2.59 bits per heavy atom. The number of fused-ring (bicyclic) bond motifs is 3. The summed E-state index contributed by atoms with van der Waals surface area (Å²) >= 11 is 0. The van der Waals surface area contributed by atoms with Gasteiger partial charge in [-0.2, -0.15) is 0 Å². The minimum absolute atomic E-state index is 0.0982. The number of aromatic nitrogens is 6. The molecule has 1 unspecified atom stereocenters. The normalized spacial score (nSPS) is 15.8. The molecule has 39 heavy (non-hydrogen) atoms. The lowest BCUT2D eigenvalue weighted by Crippen LogP contribution is -2.28. The molecule has 1 fully saturated rings. The van der Waals surface area contributed by atoms with Crippen molar-refractivity contribution in [2.75, 3.05) is 13.2 Å². The maximum atomic E-state index is 10.9. The van der Waals surface area contributed by atoms with Gasteiger partial charge in [0.15, 0.2) is 0 Å². The van der Waals surface area contributed by atoms with Crippen LogP contribution in [0.1, 0.15) is 55.1 Å². The second kappa shape index (κ2) is 9.82. The topological polar surface area (TPSA) is 111 Å². The molecule has 1 aliphatic heterocycles. The summed E-state index contributed by atoms with van der Waals surface area (Å²) in [6, 6.07) is 10.2. The number of pyridine rings is 2. The molecule has 1 saturated heterocycles. The molecule has 0 radical (unpaired) electrons. The lowest BCUT2D eigenvalue weighted by molar-refractivity contribution is 0.0550. The quantitative estimate of drug-likeness (QED) is 0.337. The van der Waals surface area contributed by atoms with Crippen LogP contribution in [0.5, 0.6) is 0 Å². The lowest BCUT2D eigenvalue weighted by atomic mass is 9.85. The van der Waals surface area contributed by atoms with Crippen LogP contribution in [0, 0.1) is 12.8 Å². The molecular weight excluding hydrogens is 492 g/mol. The Morgan fingerprint density at radius 2 is 1.90 bits per heavy atom. The lowest BCUT2D eigenvalue weighted by Gasteiger charge is -2.34. The van der Waals surface area contributed by atoms with Gasteiger partial charge in [0.1, 0.15) is 0 Å². The monoisotopic (exact) mass is 526 g/mol. The number of ether oxygens (including phenoxy) is 1. The van der Waals surface area contributed by atoms with E-state index in [1.54, 1.807) is 30.9 Å². The second-order valence-corrected chi connectivity index (χ2v) is 11.0. The summed E-state index contributed by atoms with van der Waals surface area (Å²) in [5.41, 5.74) is 7.21. The molecule has 0 spiro atoms. The molecule has 4 aromatic heterocycles. The first-order valence-electron chi connectivity index (χ1n) is 13.4. The first-order valence-corrected chi connectivity index (χ1v) is 13.4. The second-order valence-electron chi connectivity index (χ2n) is 11.0. The van der Waals surface area contributed by atoms with Crippen molar-refractivity contribution in [1.82, 2.24) is 29.5 Å². The molecule has 9 heteroatoms. The smallest absolute Gasteiger partial charge is 0.0960 e. The average Bonchev–Trinajstić information content (AvgIpc) is 3.44. The fourth-order valence-corrected chi connectivity index (χ4v) is 6.07. The molecule has 1 atom stereocenters. The molecule has 1 aromatic carbocycles. The van der Waals surface area contributed by atoms with Crippen molar-refractivity contribution in [1.29, 1.82) is 0 Å². The van der Waals surface area contributed by atoms with Crippen molar-refractivity contribution in [3.63, 3.8) is 0 Å². The van der Waals surface area contributed by atoms with Crippen LogP contribution >= 0.6 is 0 Å². The van der Waals surface area contributed by atoms with Gasteiger partial charge in [0, 0.05) is 55.4 Å². The Hall–Kier alpha value is -3.66. The molecule has 9 nitrogen and oxygen atoms in total. The summed E-state index contributed by atoms with van der Waals surface area (Å²) in [6.07, 6.45) is 7.22. The van der Waals surface area contributed by atoms with Gasteiger partial charge in [0.25, 0.3) is 0 Å². The van der Waals surface area contributed by atoms with Crippen LogP contribution in [0.4, 0.5) is 0 Å². The van der Waals surface area contributed by atoms with Crippen LogP contribution in [0.3, 0.4) is 0 Å². The zero-order valence-corrected chi connectivity index (χ0v) is 22.8. The summed E-state index contributed by atoms with van der Waals surface area (Å²) in [5.74, 6) is 0.264. The van der Waals surface area contributed by atoms with E-state index >= 15 is 0 Å². The van der Waals surface area contributed by atoms with E-state index in [1.165, 1.54) is 0 Å². The summed E-state index contributed by atoms with van der Waals surface area (Å²) in [5, 5.41) is 30.7. The Labute approximate surface area is 227 Å². The summed E-state index contributed by atoms with van der Waals surface area (Å²) in [7, 11) is 1.89. The predicted molar refractivity (Wildman–Crippen MR) is 149 cm³/mol. The van der Waals surface area contributed by atoms with Gasteiger partial charge in [0.2, 0.25) is 0 Å². The largest absolute Gasteiger partial charge is 0.392 e. The number of aliphatic hydroxyl groups excluding tert-OH is 1. The number of benzene rings is 1. The zero-order valence-electron chi connectivity index (χ0n) is 22.8. The molecule has 1 aliphatic rings. The fraction of sp³-hybridized carbons (Fsp3) is 0.400. The SMILES string of the molecule is Cc1nnn(C)c1-c1cnc2c3ccc(C(C)(C)O)cc3n(C(c3ccncc3CO)C3CCOCC3)c2c1. The Balaban J connectivity index is 1.71. The number of aliphatic hydroxyl groups is 2. The van der Waals surface area contributed by atoms with Crippen LogP contribution in [-0.2, 0) is 24.0 Å². The summed E-state index contributed by atoms with van der Waals surface area (Å²) in [4.78, 5) is 9.29. The fourth-order valence-electron chi connectivity index (χ4n) is 6.07. The molecule has 202 valence electrons. The molecule has 0 saturated carbocycles. The minimum atomic E-state index is -1.01. The van der Waals surface area contributed by atoms with E-state index in [9.17, 15) is 10.2 Å². The van der Waals surface area contributed by atoms with E-state index in [-0.39, 0.29) is 18.6 Å². The van der Waals surface area contributed by atoms with Crippen LogP contribution in [0.25, 0.3) is 33.2 Å². The summed E-state index contributed by atoms with van der Waals surface area (Å²) < 4.78 is 9.90. The first kappa shape index (κ1) is 25.6. The maximum absolute atomic E-state index is 10.9. The highest BCUT2D eigenvalue weighted by atomic mass is 16.5. The maximum Gasteiger partial charge on any atom is 0.0960 e. The van der Waals surface area contributed by atoms with E-state index < -0.39 is 5.60 Å². The number of hydrogen-bond donors (Lipinski definition) is 2. The van der Waals surface area contributed by atoms with Crippen molar-refractivity contribution in [2.24, 2.45) is 13.0 Å². The van der Waals surface area contributed by atoms with Gasteiger partial charge in [-0.25, -0.2) is 4.68 Å². The third-order valence-electron chi connectivity index (χ3n) is 8.04. The third-order valence-corrected chi connectivity index (χ3v) is 8.04. The highest BCUT2D eigenvalue weighted by Crippen LogP contribution is 2.42. The number of hydrogen-bond acceptors (Lipinski definition) is 7. The molecular formula is C30H34N6O3. The number of rotatable bonds is 6. The van der Waals surface area contributed by atoms with Gasteiger partial charge >= 0.3 is 0 Å². The molecule has 0 amide bonds. The first-order chi connectivity index (χ1) is 18.8. The van der Waals surface area contributed by atoms with Gasteiger partial charge < -0.3 is 19.5 Å². The molecule has 0 bridgehead atoms. The van der Waals surface area contributed by atoms with Crippen molar-refractivity contribution in [3.05, 3.63) is 71.3 Å². The van der Waals surface area contributed by atoms with E-state index in [0.29, 0.717) is 13.2 Å². The van der Waals surface area contributed by atoms with Crippen LogP contribution < -0.4 is 0 Å².